The Morgan fingerprint density at radius 2 is 1.88 bits per heavy atom. The van der Waals surface area contributed by atoms with Crippen LogP contribution in [0.5, 0.6) is 0 Å². The van der Waals surface area contributed by atoms with Gasteiger partial charge in [0.25, 0.3) is 0 Å². The minimum absolute atomic E-state index is 0. The van der Waals surface area contributed by atoms with Crippen LogP contribution in [-0.2, 0) is 0 Å². The van der Waals surface area contributed by atoms with Crippen molar-refractivity contribution in [1.82, 2.24) is 10.2 Å². The summed E-state index contributed by atoms with van der Waals surface area (Å²) in [7, 11) is 0. The van der Waals surface area contributed by atoms with Crippen molar-refractivity contribution < 1.29 is 8.78 Å². The van der Waals surface area contributed by atoms with Gasteiger partial charge in [-0.2, -0.15) is 0 Å². The molecular weight excluding hydrogens is 246 g/mol. The highest BCUT2D eigenvalue weighted by Gasteiger charge is 2.21. The second-order valence-electron chi connectivity index (χ2n) is 4.10. The summed E-state index contributed by atoms with van der Waals surface area (Å²) in [5.74, 6) is -1.48. The molecule has 5 heteroatoms. The lowest BCUT2D eigenvalue weighted by Gasteiger charge is -2.33. The Hall–Kier alpha value is -0.710. The number of nitrogens with one attached hydrogen (secondary N) is 1. The van der Waals surface area contributed by atoms with Crippen LogP contribution in [0.25, 0.3) is 0 Å². The molecule has 0 amide bonds. The number of nitrogens with zero attached hydrogens (tertiary/aromatic N) is 1. The summed E-state index contributed by atoms with van der Waals surface area (Å²) < 4.78 is 26.7. The molecule has 0 spiro atoms. The maximum Gasteiger partial charge on any atom is 0.163 e. The second kappa shape index (κ2) is 6.28. The highest BCUT2D eigenvalue weighted by atomic mass is 35.5. The van der Waals surface area contributed by atoms with E-state index in [9.17, 15) is 8.78 Å². The summed E-state index contributed by atoms with van der Waals surface area (Å²) in [6, 6.07) is 4.30. The summed E-state index contributed by atoms with van der Waals surface area (Å²) in [6.07, 6.45) is 0. The molecule has 1 aliphatic heterocycles. The highest BCUT2D eigenvalue weighted by Crippen LogP contribution is 2.24. The van der Waals surface area contributed by atoms with Gasteiger partial charge in [-0.3, -0.25) is 4.90 Å². The topological polar surface area (TPSA) is 15.3 Å². The largest absolute Gasteiger partial charge is 0.314 e. The number of hydrogen-bond donors (Lipinski definition) is 1. The first-order valence-electron chi connectivity index (χ1n) is 5.59. The smallest absolute Gasteiger partial charge is 0.163 e. The molecule has 1 saturated heterocycles. The van der Waals surface area contributed by atoms with Crippen LogP contribution in [-0.4, -0.2) is 31.1 Å². The fraction of sp³-hybridized carbons (Fsp3) is 0.500. The lowest BCUT2D eigenvalue weighted by atomic mass is 10.1. The van der Waals surface area contributed by atoms with Crippen LogP contribution in [0, 0.1) is 11.6 Å². The molecular formula is C12H17ClF2N2. The third-order valence-corrected chi connectivity index (χ3v) is 3.13. The number of halogens is 3. The van der Waals surface area contributed by atoms with Crippen molar-refractivity contribution in [2.45, 2.75) is 13.0 Å². The fourth-order valence-electron chi connectivity index (χ4n) is 2.11. The van der Waals surface area contributed by atoms with Crippen LogP contribution >= 0.6 is 12.4 Å². The van der Waals surface area contributed by atoms with Crippen LogP contribution < -0.4 is 5.32 Å². The molecule has 0 bridgehead atoms. The van der Waals surface area contributed by atoms with E-state index in [1.54, 1.807) is 12.1 Å². The summed E-state index contributed by atoms with van der Waals surface area (Å²) in [6.45, 7) is 5.47. The van der Waals surface area contributed by atoms with E-state index in [-0.39, 0.29) is 18.4 Å². The molecule has 2 nitrogen and oxygen atoms in total. The van der Waals surface area contributed by atoms with Gasteiger partial charge in [0.15, 0.2) is 11.6 Å². The van der Waals surface area contributed by atoms with Crippen LogP contribution in [0.15, 0.2) is 18.2 Å². The molecule has 1 heterocycles. The fourth-order valence-corrected chi connectivity index (χ4v) is 2.11. The third-order valence-electron chi connectivity index (χ3n) is 3.13. The second-order valence-corrected chi connectivity index (χ2v) is 4.10. The van der Waals surface area contributed by atoms with Gasteiger partial charge in [-0.25, -0.2) is 8.78 Å². The Balaban J connectivity index is 0.00000144. The molecule has 0 aliphatic carbocycles. The predicted molar refractivity (Wildman–Crippen MR) is 66.5 cm³/mol. The van der Waals surface area contributed by atoms with Gasteiger partial charge in [-0.05, 0) is 13.0 Å². The van der Waals surface area contributed by atoms with Gasteiger partial charge >= 0.3 is 0 Å². The number of hydrogen-bond acceptors (Lipinski definition) is 2. The number of benzene rings is 1. The molecule has 0 aromatic heterocycles. The molecule has 0 unspecified atom stereocenters. The van der Waals surface area contributed by atoms with Crippen molar-refractivity contribution in [1.29, 1.82) is 0 Å². The van der Waals surface area contributed by atoms with Gasteiger partial charge < -0.3 is 5.32 Å². The molecule has 0 saturated carbocycles. The zero-order valence-electron chi connectivity index (χ0n) is 9.75. The van der Waals surface area contributed by atoms with E-state index in [0.717, 1.165) is 32.2 Å². The minimum atomic E-state index is -0.764. The van der Waals surface area contributed by atoms with Gasteiger partial charge in [0, 0.05) is 37.8 Å². The summed E-state index contributed by atoms with van der Waals surface area (Å²) in [5, 5.41) is 3.24. The molecule has 1 N–H and O–H groups in total. The Morgan fingerprint density at radius 3 is 2.53 bits per heavy atom. The molecule has 0 radical (unpaired) electrons. The Morgan fingerprint density at radius 1 is 1.24 bits per heavy atom. The maximum absolute atomic E-state index is 13.6. The molecule has 1 aromatic rings. The van der Waals surface area contributed by atoms with Gasteiger partial charge in [0.1, 0.15) is 0 Å². The summed E-state index contributed by atoms with van der Waals surface area (Å²) in [4.78, 5) is 2.16. The first-order valence-corrected chi connectivity index (χ1v) is 5.59. The van der Waals surface area contributed by atoms with Crippen LogP contribution in [0.2, 0.25) is 0 Å². The first-order chi connectivity index (χ1) is 7.70. The van der Waals surface area contributed by atoms with Crippen molar-refractivity contribution in [3.8, 4) is 0 Å². The normalized spacial score (nSPS) is 18.5. The van der Waals surface area contributed by atoms with Gasteiger partial charge in [0.05, 0.1) is 0 Å². The van der Waals surface area contributed by atoms with Crippen LogP contribution in [0.3, 0.4) is 0 Å². The Kier molecular flexibility index (Phi) is 5.31. The summed E-state index contributed by atoms with van der Waals surface area (Å²) >= 11 is 0. The van der Waals surface area contributed by atoms with Gasteiger partial charge in [-0.15, -0.1) is 12.4 Å². The standard InChI is InChI=1S/C12H16F2N2.ClH/c1-9(16-7-5-15-6-8-16)10-3-2-4-11(13)12(10)14;/h2-4,9,15H,5-8H2,1H3;1H/t9-;/m0./s1. The molecule has 1 aliphatic rings. The van der Waals surface area contributed by atoms with Crippen LogP contribution in [0.4, 0.5) is 8.78 Å². The average Bonchev–Trinajstić information content (AvgIpc) is 2.33. The number of piperazine rings is 1. The van der Waals surface area contributed by atoms with E-state index in [4.69, 9.17) is 0 Å². The highest BCUT2D eigenvalue weighted by molar-refractivity contribution is 5.85. The van der Waals surface area contributed by atoms with E-state index in [1.165, 1.54) is 0 Å². The van der Waals surface area contributed by atoms with Crippen molar-refractivity contribution in [3.05, 3.63) is 35.4 Å². The average molecular weight is 263 g/mol. The molecule has 17 heavy (non-hydrogen) atoms. The SMILES string of the molecule is C[C@@H](c1cccc(F)c1F)N1CCNCC1.Cl. The molecule has 2 rings (SSSR count). The van der Waals surface area contributed by atoms with Crippen molar-refractivity contribution >= 4 is 12.4 Å². The summed E-state index contributed by atoms with van der Waals surface area (Å²) in [5.41, 5.74) is 0.446. The van der Waals surface area contributed by atoms with Crippen molar-refractivity contribution in [2.75, 3.05) is 26.2 Å². The minimum Gasteiger partial charge on any atom is -0.314 e. The zero-order valence-corrected chi connectivity index (χ0v) is 10.6. The lowest BCUT2D eigenvalue weighted by Crippen LogP contribution is -2.44. The predicted octanol–water partition coefficient (Wildman–Crippen LogP) is 2.35. The van der Waals surface area contributed by atoms with E-state index >= 15 is 0 Å². The Labute approximate surface area is 106 Å². The van der Waals surface area contributed by atoms with E-state index in [0.29, 0.717) is 5.56 Å². The first kappa shape index (κ1) is 14.4. The van der Waals surface area contributed by atoms with Crippen molar-refractivity contribution in [3.63, 3.8) is 0 Å². The van der Waals surface area contributed by atoms with E-state index in [2.05, 4.69) is 10.2 Å². The van der Waals surface area contributed by atoms with E-state index in [1.807, 2.05) is 6.92 Å². The number of rotatable bonds is 2. The monoisotopic (exact) mass is 262 g/mol. The molecule has 1 aromatic carbocycles. The molecule has 1 fully saturated rings. The Bertz CT molecular complexity index is 368. The lowest BCUT2D eigenvalue weighted by molar-refractivity contribution is 0.181. The third kappa shape index (κ3) is 3.15. The zero-order chi connectivity index (χ0) is 11.5. The van der Waals surface area contributed by atoms with E-state index < -0.39 is 11.6 Å². The van der Waals surface area contributed by atoms with Gasteiger partial charge in [0.2, 0.25) is 0 Å². The quantitative estimate of drug-likeness (QED) is 0.880. The maximum atomic E-state index is 13.6. The molecule has 96 valence electrons. The molecule has 1 atom stereocenters. The van der Waals surface area contributed by atoms with Crippen molar-refractivity contribution in [2.24, 2.45) is 0 Å². The van der Waals surface area contributed by atoms with Crippen LogP contribution in [0.1, 0.15) is 18.5 Å². The van der Waals surface area contributed by atoms with Gasteiger partial charge in [-0.1, -0.05) is 12.1 Å².